The number of carbonyl (C=O) groups excluding carboxylic acids is 1. The van der Waals surface area contributed by atoms with Gasteiger partial charge in [-0.2, -0.15) is 0 Å². The maximum absolute atomic E-state index is 13.7. The number of anilines is 2. The quantitative estimate of drug-likeness (QED) is 0.681. The zero-order chi connectivity index (χ0) is 19.3. The van der Waals surface area contributed by atoms with Crippen LogP contribution >= 0.6 is 0 Å². The number of aromatic nitrogens is 1. The highest BCUT2D eigenvalue weighted by Crippen LogP contribution is 2.34. The third-order valence-electron chi connectivity index (χ3n) is 4.30. The predicted molar refractivity (Wildman–Crippen MR) is 103 cm³/mol. The summed E-state index contributed by atoms with van der Waals surface area (Å²) in [7, 11) is 0. The first kappa shape index (κ1) is 17.8. The van der Waals surface area contributed by atoms with Crippen molar-refractivity contribution in [1.82, 2.24) is 4.98 Å². The molecular formula is C21H18FN3O3. The lowest BCUT2D eigenvalue weighted by molar-refractivity contribution is 0.102. The number of hydrogen-bond donors (Lipinski definition) is 2. The number of rotatable bonds is 6. The Morgan fingerprint density at radius 1 is 1.04 bits per heavy atom. The van der Waals surface area contributed by atoms with Gasteiger partial charge in [0.15, 0.2) is 11.5 Å². The number of halogens is 1. The first-order valence-corrected chi connectivity index (χ1v) is 8.83. The highest BCUT2D eigenvalue weighted by molar-refractivity contribution is 6.03. The van der Waals surface area contributed by atoms with Crippen molar-refractivity contribution in [2.45, 2.75) is 6.42 Å². The van der Waals surface area contributed by atoms with E-state index >= 15 is 0 Å². The molecule has 2 N–H and O–H groups in total. The smallest absolute Gasteiger partial charge is 0.274 e. The molecule has 0 unspecified atom stereocenters. The normalized spacial score (nSPS) is 11.9. The molecule has 0 saturated carbocycles. The highest BCUT2D eigenvalue weighted by Gasteiger charge is 2.15. The molecule has 1 aliphatic heterocycles. The number of hydrogen-bond acceptors (Lipinski definition) is 5. The van der Waals surface area contributed by atoms with E-state index in [1.54, 1.807) is 48.7 Å². The van der Waals surface area contributed by atoms with Crippen LogP contribution < -0.4 is 20.1 Å². The SMILES string of the molecule is O=C(Nc1ccc2c(c1)OCO2)c1cc(NCCc2ccccc2F)ccn1. The molecule has 3 aromatic rings. The van der Waals surface area contributed by atoms with E-state index in [0.29, 0.717) is 35.7 Å². The molecule has 28 heavy (non-hydrogen) atoms. The summed E-state index contributed by atoms with van der Waals surface area (Å²) in [5, 5.41) is 5.98. The molecule has 0 radical (unpaired) electrons. The second kappa shape index (κ2) is 7.96. The van der Waals surface area contributed by atoms with E-state index in [0.717, 1.165) is 5.69 Å². The Labute approximate surface area is 161 Å². The fourth-order valence-electron chi connectivity index (χ4n) is 2.88. The van der Waals surface area contributed by atoms with Crippen LogP contribution in [-0.2, 0) is 6.42 Å². The molecular weight excluding hydrogens is 361 g/mol. The van der Waals surface area contributed by atoms with Crippen molar-refractivity contribution in [3.05, 3.63) is 77.9 Å². The minimum atomic E-state index is -0.336. The Bertz CT molecular complexity index is 1010. The lowest BCUT2D eigenvalue weighted by atomic mass is 10.1. The Kier molecular flexibility index (Phi) is 5.05. The molecule has 1 aromatic heterocycles. The highest BCUT2D eigenvalue weighted by atomic mass is 19.1. The molecule has 4 rings (SSSR count). The molecule has 142 valence electrons. The summed E-state index contributed by atoms with van der Waals surface area (Å²) in [5.41, 5.74) is 2.24. The predicted octanol–water partition coefficient (Wildman–Crippen LogP) is 3.86. The molecule has 0 saturated heterocycles. The molecule has 1 amide bonds. The summed E-state index contributed by atoms with van der Waals surface area (Å²) < 4.78 is 24.2. The van der Waals surface area contributed by atoms with Gasteiger partial charge in [0.1, 0.15) is 11.5 Å². The summed E-state index contributed by atoms with van der Waals surface area (Å²) in [6.45, 7) is 0.711. The van der Waals surface area contributed by atoms with Gasteiger partial charge in [-0.15, -0.1) is 0 Å². The fraction of sp³-hybridized carbons (Fsp3) is 0.143. The first-order valence-electron chi connectivity index (χ1n) is 8.83. The van der Waals surface area contributed by atoms with Crippen molar-refractivity contribution in [1.29, 1.82) is 0 Å². The van der Waals surface area contributed by atoms with Crippen LogP contribution in [0.2, 0.25) is 0 Å². The zero-order valence-electron chi connectivity index (χ0n) is 14.9. The summed E-state index contributed by atoms with van der Waals surface area (Å²) in [6, 6.07) is 15.3. The summed E-state index contributed by atoms with van der Waals surface area (Å²) in [6.07, 6.45) is 2.09. The number of nitrogens with zero attached hydrogens (tertiary/aromatic N) is 1. The van der Waals surface area contributed by atoms with Crippen LogP contribution in [0.1, 0.15) is 16.1 Å². The molecule has 0 aliphatic carbocycles. The second-order valence-electron chi connectivity index (χ2n) is 6.22. The average molecular weight is 379 g/mol. The second-order valence-corrected chi connectivity index (χ2v) is 6.22. The number of amides is 1. The average Bonchev–Trinajstić information content (AvgIpc) is 3.17. The molecule has 0 fully saturated rings. The third-order valence-corrected chi connectivity index (χ3v) is 4.30. The van der Waals surface area contributed by atoms with Gasteiger partial charge in [0.05, 0.1) is 0 Å². The maximum atomic E-state index is 13.7. The molecule has 7 heteroatoms. The minimum absolute atomic E-state index is 0.175. The topological polar surface area (TPSA) is 72.5 Å². The summed E-state index contributed by atoms with van der Waals surface area (Å²) in [4.78, 5) is 16.6. The number of fused-ring (bicyclic) bond motifs is 1. The number of nitrogens with one attached hydrogen (secondary N) is 2. The van der Waals surface area contributed by atoms with Crippen LogP contribution in [-0.4, -0.2) is 24.2 Å². The van der Waals surface area contributed by atoms with Crippen molar-refractivity contribution < 1.29 is 18.7 Å². The van der Waals surface area contributed by atoms with Crippen LogP contribution in [0.3, 0.4) is 0 Å². The molecule has 0 spiro atoms. The lowest BCUT2D eigenvalue weighted by Crippen LogP contribution is -2.14. The van der Waals surface area contributed by atoms with Gasteiger partial charge in [-0.1, -0.05) is 18.2 Å². The van der Waals surface area contributed by atoms with Crippen molar-refractivity contribution in [3.63, 3.8) is 0 Å². The minimum Gasteiger partial charge on any atom is -0.454 e. The Balaban J connectivity index is 1.37. The van der Waals surface area contributed by atoms with Gasteiger partial charge in [-0.05, 0) is 42.3 Å². The maximum Gasteiger partial charge on any atom is 0.274 e. The van der Waals surface area contributed by atoms with E-state index in [9.17, 15) is 9.18 Å². The lowest BCUT2D eigenvalue weighted by Gasteiger charge is -2.09. The van der Waals surface area contributed by atoms with Crippen molar-refractivity contribution in [3.8, 4) is 11.5 Å². The van der Waals surface area contributed by atoms with Gasteiger partial charge in [0.25, 0.3) is 5.91 Å². The van der Waals surface area contributed by atoms with Gasteiger partial charge >= 0.3 is 0 Å². The zero-order valence-corrected chi connectivity index (χ0v) is 14.9. The van der Waals surface area contributed by atoms with Gasteiger partial charge < -0.3 is 20.1 Å². The van der Waals surface area contributed by atoms with E-state index < -0.39 is 0 Å². The van der Waals surface area contributed by atoms with Crippen molar-refractivity contribution in [2.75, 3.05) is 24.0 Å². The van der Waals surface area contributed by atoms with E-state index in [-0.39, 0.29) is 24.2 Å². The number of ether oxygens (including phenoxy) is 2. The fourth-order valence-corrected chi connectivity index (χ4v) is 2.88. The van der Waals surface area contributed by atoms with Crippen molar-refractivity contribution in [2.24, 2.45) is 0 Å². The van der Waals surface area contributed by atoms with E-state index in [1.807, 2.05) is 6.07 Å². The standard InChI is InChI=1S/C21H18FN3O3/c22-17-4-2-1-3-14(17)7-9-23-15-8-10-24-18(11-15)21(26)25-16-5-6-19-20(12-16)28-13-27-19/h1-6,8,10-12H,7,9,13H2,(H,23,24)(H,25,26). The molecule has 6 nitrogen and oxygen atoms in total. The van der Waals surface area contributed by atoms with Gasteiger partial charge in [0, 0.05) is 30.2 Å². The summed E-state index contributed by atoms with van der Waals surface area (Å²) in [5.74, 6) is 0.686. The van der Waals surface area contributed by atoms with Crippen LogP contribution in [0.15, 0.2) is 60.8 Å². The van der Waals surface area contributed by atoms with Gasteiger partial charge in [-0.3, -0.25) is 9.78 Å². The molecule has 2 heterocycles. The Hall–Kier alpha value is -3.61. The van der Waals surface area contributed by atoms with E-state index in [1.165, 1.54) is 6.07 Å². The van der Waals surface area contributed by atoms with Crippen LogP contribution in [0, 0.1) is 5.82 Å². The van der Waals surface area contributed by atoms with E-state index in [4.69, 9.17) is 9.47 Å². The van der Waals surface area contributed by atoms with Crippen LogP contribution in [0.4, 0.5) is 15.8 Å². The number of benzene rings is 2. The van der Waals surface area contributed by atoms with E-state index in [2.05, 4.69) is 15.6 Å². The number of pyridine rings is 1. The van der Waals surface area contributed by atoms with Gasteiger partial charge in [-0.25, -0.2) is 4.39 Å². The van der Waals surface area contributed by atoms with Crippen LogP contribution in [0.5, 0.6) is 11.5 Å². The molecule has 1 aliphatic rings. The molecule has 0 atom stereocenters. The largest absolute Gasteiger partial charge is 0.454 e. The Morgan fingerprint density at radius 3 is 2.79 bits per heavy atom. The van der Waals surface area contributed by atoms with Crippen LogP contribution in [0.25, 0.3) is 0 Å². The number of carbonyl (C=O) groups is 1. The van der Waals surface area contributed by atoms with Crippen molar-refractivity contribution >= 4 is 17.3 Å². The molecule has 2 aromatic carbocycles. The third kappa shape index (κ3) is 4.03. The summed E-state index contributed by atoms with van der Waals surface area (Å²) >= 11 is 0. The Morgan fingerprint density at radius 2 is 1.89 bits per heavy atom. The first-order chi connectivity index (χ1) is 13.7. The van der Waals surface area contributed by atoms with Gasteiger partial charge in [0.2, 0.25) is 6.79 Å². The molecule has 0 bridgehead atoms. The monoisotopic (exact) mass is 379 g/mol.